The van der Waals surface area contributed by atoms with E-state index in [4.69, 9.17) is 27.8 Å². The van der Waals surface area contributed by atoms with Crippen LogP contribution in [0.15, 0.2) is 48.5 Å². The SMILES string of the molecule is O=C(Cl)c1ccc(B(O)OB(O)c2ccc(C(=O)Cl)cc2)cc1. The van der Waals surface area contributed by atoms with Crippen LogP contribution in [0.1, 0.15) is 20.7 Å². The van der Waals surface area contributed by atoms with Crippen LogP contribution in [0.3, 0.4) is 0 Å². The van der Waals surface area contributed by atoms with Crippen molar-refractivity contribution < 1.29 is 24.2 Å². The van der Waals surface area contributed by atoms with E-state index in [0.29, 0.717) is 10.9 Å². The average Bonchev–Trinajstić information content (AvgIpc) is 2.54. The summed E-state index contributed by atoms with van der Waals surface area (Å²) in [5, 5.41) is 18.7. The molecule has 0 unspecified atom stereocenters. The molecule has 2 aromatic rings. The van der Waals surface area contributed by atoms with Crippen LogP contribution in [0.2, 0.25) is 0 Å². The Labute approximate surface area is 143 Å². The first kappa shape index (κ1) is 17.7. The van der Waals surface area contributed by atoms with Gasteiger partial charge < -0.3 is 14.6 Å². The van der Waals surface area contributed by atoms with Gasteiger partial charge in [0.2, 0.25) is 0 Å². The molecule has 2 N–H and O–H groups in total. The van der Waals surface area contributed by atoms with Crippen molar-refractivity contribution in [3.05, 3.63) is 59.7 Å². The Morgan fingerprint density at radius 2 is 1.04 bits per heavy atom. The van der Waals surface area contributed by atoms with Crippen molar-refractivity contribution in [2.45, 2.75) is 0 Å². The molecule has 0 saturated heterocycles. The minimum Gasteiger partial charge on any atom is -0.443 e. The molecule has 0 radical (unpaired) electrons. The average molecular weight is 351 g/mol. The van der Waals surface area contributed by atoms with Gasteiger partial charge in [-0.3, -0.25) is 9.59 Å². The maximum Gasteiger partial charge on any atom is 0.477 e. The number of carbonyl (C=O) groups excluding carboxylic acids is 2. The quantitative estimate of drug-likeness (QED) is 0.587. The van der Waals surface area contributed by atoms with Crippen LogP contribution in [0, 0.1) is 0 Å². The number of hydrogen-bond donors (Lipinski definition) is 2. The second kappa shape index (κ2) is 7.77. The van der Waals surface area contributed by atoms with E-state index in [9.17, 15) is 19.6 Å². The molecule has 2 aromatic carbocycles. The summed E-state index contributed by atoms with van der Waals surface area (Å²) in [5.41, 5.74) is 1.26. The summed E-state index contributed by atoms with van der Waals surface area (Å²) >= 11 is 10.7. The minimum absolute atomic E-state index is 0.282. The molecule has 0 amide bonds. The summed E-state index contributed by atoms with van der Waals surface area (Å²) in [5.74, 6) is 0. The van der Waals surface area contributed by atoms with Crippen molar-refractivity contribution in [1.82, 2.24) is 0 Å². The van der Waals surface area contributed by atoms with Gasteiger partial charge in [0.25, 0.3) is 10.5 Å². The van der Waals surface area contributed by atoms with Crippen molar-refractivity contribution in [1.29, 1.82) is 0 Å². The molecular weight excluding hydrogens is 341 g/mol. The highest BCUT2D eigenvalue weighted by Crippen LogP contribution is 2.04. The molecule has 0 bridgehead atoms. The second-order valence-electron chi connectivity index (χ2n) is 4.63. The lowest BCUT2D eigenvalue weighted by Gasteiger charge is -2.12. The van der Waals surface area contributed by atoms with Crippen LogP contribution in [-0.4, -0.2) is 34.8 Å². The lowest BCUT2D eigenvalue weighted by Crippen LogP contribution is -2.45. The van der Waals surface area contributed by atoms with Gasteiger partial charge in [0, 0.05) is 11.1 Å². The Kier molecular flexibility index (Phi) is 5.98. The Morgan fingerprint density at radius 1 is 0.739 bits per heavy atom. The van der Waals surface area contributed by atoms with Crippen LogP contribution >= 0.6 is 23.2 Å². The molecule has 0 fully saturated rings. The monoisotopic (exact) mass is 350 g/mol. The normalized spacial score (nSPS) is 10.3. The fourth-order valence-electron chi connectivity index (χ4n) is 1.84. The van der Waals surface area contributed by atoms with E-state index >= 15 is 0 Å². The third-order valence-corrected chi connectivity index (χ3v) is 3.54. The first-order valence-corrected chi connectivity index (χ1v) is 7.25. The minimum atomic E-state index is -1.40. The van der Waals surface area contributed by atoms with Gasteiger partial charge in [-0.2, -0.15) is 0 Å². The number of benzene rings is 2. The van der Waals surface area contributed by atoms with Crippen LogP contribution < -0.4 is 10.9 Å². The molecule has 9 heteroatoms. The van der Waals surface area contributed by atoms with Gasteiger partial charge in [0.05, 0.1) is 0 Å². The molecule has 0 aliphatic rings. The van der Waals surface area contributed by atoms with Crippen molar-refractivity contribution in [2.75, 3.05) is 0 Å². The fraction of sp³-hybridized carbons (Fsp3) is 0. The lowest BCUT2D eigenvalue weighted by atomic mass is 9.71. The van der Waals surface area contributed by atoms with Gasteiger partial charge in [-0.25, -0.2) is 0 Å². The third-order valence-electron chi connectivity index (χ3n) is 3.10. The predicted octanol–water partition coefficient (Wildman–Crippen LogP) is 0.536. The van der Waals surface area contributed by atoms with Crippen LogP contribution in [-0.2, 0) is 4.57 Å². The van der Waals surface area contributed by atoms with Gasteiger partial charge in [-0.05, 0) is 34.1 Å². The van der Waals surface area contributed by atoms with E-state index in [2.05, 4.69) is 0 Å². The summed E-state index contributed by atoms with van der Waals surface area (Å²) in [6.45, 7) is 0. The Morgan fingerprint density at radius 3 is 1.30 bits per heavy atom. The number of hydrogen-bond acceptors (Lipinski definition) is 5. The van der Waals surface area contributed by atoms with Crippen molar-refractivity contribution in [2.24, 2.45) is 0 Å². The first-order chi connectivity index (χ1) is 10.9. The maximum absolute atomic E-state index is 11.0. The molecule has 0 aromatic heterocycles. The summed E-state index contributed by atoms with van der Waals surface area (Å²) < 4.78 is 5.10. The van der Waals surface area contributed by atoms with Crippen LogP contribution in [0.4, 0.5) is 0 Å². The van der Waals surface area contributed by atoms with E-state index in [1.54, 1.807) is 0 Å². The highest BCUT2D eigenvalue weighted by Gasteiger charge is 2.26. The van der Waals surface area contributed by atoms with Gasteiger partial charge >= 0.3 is 14.2 Å². The highest BCUT2D eigenvalue weighted by molar-refractivity contribution is 6.73. The molecule has 116 valence electrons. The Balaban J connectivity index is 2.05. The maximum atomic E-state index is 11.0. The largest absolute Gasteiger partial charge is 0.477 e. The summed E-state index contributed by atoms with van der Waals surface area (Å²) in [6, 6.07) is 11.6. The molecule has 23 heavy (non-hydrogen) atoms. The summed E-state index contributed by atoms with van der Waals surface area (Å²) in [4.78, 5) is 21.9. The van der Waals surface area contributed by atoms with Gasteiger partial charge in [0.1, 0.15) is 0 Å². The topological polar surface area (TPSA) is 83.8 Å². The van der Waals surface area contributed by atoms with Crippen molar-refractivity contribution >= 4 is 58.8 Å². The van der Waals surface area contributed by atoms with Crippen molar-refractivity contribution in [3.8, 4) is 0 Å². The molecule has 0 saturated carbocycles. The van der Waals surface area contributed by atoms with Crippen LogP contribution in [0.25, 0.3) is 0 Å². The predicted molar refractivity (Wildman–Crippen MR) is 89.5 cm³/mol. The molecule has 0 heterocycles. The zero-order valence-corrected chi connectivity index (χ0v) is 13.2. The fourth-order valence-corrected chi connectivity index (χ4v) is 2.09. The molecule has 2 rings (SSSR count). The molecular formula is C14H10B2Cl2O5. The van der Waals surface area contributed by atoms with Crippen molar-refractivity contribution in [3.63, 3.8) is 0 Å². The van der Waals surface area contributed by atoms with Gasteiger partial charge in [-0.15, -0.1) is 0 Å². The zero-order valence-electron chi connectivity index (χ0n) is 11.6. The Bertz CT molecular complexity index is 645. The van der Waals surface area contributed by atoms with Crippen LogP contribution in [0.5, 0.6) is 0 Å². The summed E-state index contributed by atoms with van der Waals surface area (Å²) in [7, 11) is -2.81. The third kappa shape index (κ3) is 4.67. The van der Waals surface area contributed by atoms with E-state index in [1.165, 1.54) is 48.5 Å². The molecule has 5 nitrogen and oxygen atoms in total. The number of halogens is 2. The van der Waals surface area contributed by atoms with E-state index in [-0.39, 0.29) is 11.1 Å². The Hall–Kier alpha value is -1.63. The standard InChI is InChI=1S/C14H10B2Cl2O5/c17-13(19)9-1-5-11(6-2-9)15(21)23-16(22)12-7-3-10(4-8-12)14(18)20/h1-8,21-22H. The molecule has 0 spiro atoms. The molecule has 0 aliphatic carbocycles. The highest BCUT2D eigenvalue weighted by atomic mass is 35.5. The smallest absolute Gasteiger partial charge is 0.443 e. The summed E-state index contributed by atoms with van der Waals surface area (Å²) in [6.07, 6.45) is 0. The second-order valence-corrected chi connectivity index (χ2v) is 5.32. The molecule has 0 aliphatic heterocycles. The van der Waals surface area contributed by atoms with Gasteiger partial charge in [-0.1, -0.05) is 48.5 Å². The van der Waals surface area contributed by atoms with Gasteiger partial charge in [0.15, 0.2) is 0 Å². The number of carbonyl (C=O) groups is 2. The molecule has 0 atom stereocenters. The van der Waals surface area contributed by atoms with E-state index < -0.39 is 24.7 Å². The zero-order chi connectivity index (χ0) is 17.0. The number of rotatable bonds is 6. The first-order valence-electron chi connectivity index (χ1n) is 6.49. The van der Waals surface area contributed by atoms with E-state index in [0.717, 1.165) is 0 Å². The lowest BCUT2D eigenvalue weighted by molar-refractivity contribution is 0.107. The van der Waals surface area contributed by atoms with E-state index in [1.807, 2.05) is 0 Å².